The number of carbonyl (C=O) groups excluding carboxylic acids is 1. The Morgan fingerprint density at radius 2 is 2.11 bits per heavy atom. The van der Waals surface area contributed by atoms with Crippen LogP contribution in [0.3, 0.4) is 0 Å². The molecule has 0 aromatic carbocycles. The van der Waals surface area contributed by atoms with Crippen molar-refractivity contribution >= 4 is 5.91 Å². The molecule has 1 aliphatic rings. The molecule has 0 radical (unpaired) electrons. The van der Waals surface area contributed by atoms with Crippen molar-refractivity contribution in [1.29, 1.82) is 0 Å². The molecule has 2 atom stereocenters. The molecule has 0 aliphatic heterocycles. The molecule has 5 nitrogen and oxygen atoms in total. The number of rotatable bonds is 5. The average molecular weight is 266 g/mol. The Kier molecular flexibility index (Phi) is 4.99. The zero-order valence-corrected chi connectivity index (χ0v) is 11.1. The van der Waals surface area contributed by atoms with Crippen molar-refractivity contribution in [1.82, 2.24) is 5.32 Å². The van der Waals surface area contributed by atoms with Crippen LogP contribution >= 0.6 is 0 Å². The first kappa shape index (κ1) is 14.1. The fourth-order valence-electron chi connectivity index (χ4n) is 2.71. The molecule has 2 rings (SSSR count). The summed E-state index contributed by atoms with van der Waals surface area (Å²) in [4.78, 5) is 11.9. The first-order chi connectivity index (χ1) is 9.24. The van der Waals surface area contributed by atoms with Gasteiger partial charge in [-0.2, -0.15) is 0 Å². The lowest BCUT2D eigenvalue weighted by molar-refractivity contribution is 0.0881. The van der Waals surface area contributed by atoms with Crippen molar-refractivity contribution < 1.29 is 14.3 Å². The quantitative estimate of drug-likeness (QED) is 0.748. The number of nitrogens with one attached hydrogen (secondary N) is 1. The number of carbonyl (C=O) groups is 1. The molecule has 0 spiro atoms. The highest BCUT2D eigenvalue weighted by Gasteiger charge is 2.25. The van der Waals surface area contributed by atoms with Crippen molar-refractivity contribution in [3.8, 4) is 0 Å². The van der Waals surface area contributed by atoms with Crippen LogP contribution in [-0.4, -0.2) is 24.2 Å². The lowest BCUT2D eigenvalue weighted by atomic mass is 9.79. The Morgan fingerprint density at radius 3 is 2.74 bits per heavy atom. The number of furan rings is 1. The Morgan fingerprint density at radius 1 is 1.37 bits per heavy atom. The van der Waals surface area contributed by atoms with Gasteiger partial charge < -0.3 is 20.6 Å². The number of aliphatic hydroxyl groups is 1. The van der Waals surface area contributed by atoms with E-state index in [0.717, 1.165) is 12.8 Å². The maximum atomic E-state index is 11.9. The van der Waals surface area contributed by atoms with Gasteiger partial charge in [0.05, 0.1) is 6.54 Å². The van der Waals surface area contributed by atoms with Gasteiger partial charge >= 0.3 is 0 Å². The lowest BCUT2D eigenvalue weighted by Gasteiger charge is -2.30. The minimum Gasteiger partial charge on any atom is -0.455 e. The highest BCUT2D eigenvalue weighted by Crippen LogP contribution is 2.29. The van der Waals surface area contributed by atoms with Crippen LogP contribution in [0.4, 0.5) is 0 Å². The topological polar surface area (TPSA) is 88.5 Å². The highest BCUT2D eigenvalue weighted by molar-refractivity contribution is 5.91. The normalized spacial score (nSPS) is 23.3. The van der Waals surface area contributed by atoms with E-state index in [4.69, 9.17) is 10.2 Å². The zero-order valence-electron chi connectivity index (χ0n) is 11.1. The second kappa shape index (κ2) is 6.73. The second-order valence-corrected chi connectivity index (χ2v) is 5.17. The van der Waals surface area contributed by atoms with Gasteiger partial charge in [0, 0.05) is 13.2 Å². The summed E-state index contributed by atoms with van der Waals surface area (Å²) in [6.45, 7) is 1.10. The van der Waals surface area contributed by atoms with E-state index < -0.39 is 0 Å². The summed E-state index contributed by atoms with van der Waals surface area (Å²) in [7, 11) is 0. The van der Waals surface area contributed by atoms with Crippen LogP contribution in [-0.2, 0) is 6.54 Å². The summed E-state index contributed by atoms with van der Waals surface area (Å²) < 4.78 is 5.30. The van der Waals surface area contributed by atoms with Crippen LogP contribution in [0.15, 0.2) is 16.5 Å². The van der Waals surface area contributed by atoms with E-state index in [2.05, 4.69) is 5.32 Å². The fourth-order valence-corrected chi connectivity index (χ4v) is 2.71. The predicted octanol–water partition coefficient (Wildman–Crippen LogP) is 1.27. The van der Waals surface area contributed by atoms with E-state index in [9.17, 15) is 9.90 Å². The Bertz CT molecular complexity index is 417. The molecular weight excluding hydrogens is 244 g/mol. The minimum atomic E-state index is -0.207. The van der Waals surface area contributed by atoms with Crippen LogP contribution < -0.4 is 11.1 Å². The molecule has 1 amide bonds. The van der Waals surface area contributed by atoms with E-state index >= 15 is 0 Å². The molecule has 0 bridgehead atoms. The standard InChI is InChI=1S/C14H22N2O3/c15-7-12-5-6-13(19-12)14(18)16-8-10-3-1-2-4-11(10)9-17/h5-6,10-11,17H,1-4,7-9,15H2,(H,16,18). The highest BCUT2D eigenvalue weighted by atomic mass is 16.4. The van der Waals surface area contributed by atoms with E-state index in [1.165, 1.54) is 12.8 Å². The maximum Gasteiger partial charge on any atom is 0.287 e. The van der Waals surface area contributed by atoms with Gasteiger partial charge in [-0.1, -0.05) is 12.8 Å². The average Bonchev–Trinajstić information content (AvgIpc) is 2.94. The molecule has 4 N–H and O–H groups in total. The van der Waals surface area contributed by atoms with Gasteiger partial charge in [0.15, 0.2) is 5.76 Å². The molecule has 1 aromatic heterocycles. The molecule has 1 fully saturated rings. The zero-order chi connectivity index (χ0) is 13.7. The maximum absolute atomic E-state index is 11.9. The van der Waals surface area contributed by atoms with E-state index in [1.54, 1.807) is 12.1 Å². The number of nitrogens with two attached hydrogens (primary N) is 1. The summed E-state index contributed by atoms with van der Waals surface area (Å²) in [6, 6.07) is 3.36. The summed E-state index contributed by atoms with van der Waals surface area (Å²) >= 11 is 0. The van der Waals surface area contributed by atoms with Gasteiger partial charge in [-0.05, 0) is 36.8 Å². The van der Waals surface area contributed by atoms with Crippen molar-refractivity contribution in [2.75, 3.05) is 13.2 Å². The van der Waals surface area contributed by atoms with Crippen molar-refractivity contribution in [2.24, 2.45) is 17.6 Å². The molecule has 1 aliphatic carbocycles. The van der Waals surface area contributed by atoms with Gasteiger partial charge in [-0.15, -0.1) is 0 Å². The molecule has 1 aromatic rings. The lowest BCUT2D eigenvalue weighted by Crippen LogP contribution is -2.35. The van der Waals surface area contributed by atoms with Crippen LogP contribution in [0.1, 0.15) is 42.0 Å². The van der Waals surface area contributed by atoms with Crippen molar-refractivity contribution in [2.45, 2.75) is 32.2 Å². The van der Waals surface area contributed by atoms with Crippen LogP contribution in [0.5, 0.6) is 0 Å². The molecule has 1 heterocycles. The van der Waals surface area contributed by atoms with E-state index in [1.807, 2.05) is 0 Å². The Labute approximate surface area is 113 Å². The summed E-state index contributed by atoms with van der Waals surface area (Å²) in [5, 5.41) is 12.2. The third kappa shape index (κ3) is 3.58. The van der Waals surface area contributed by atoms with Crippen molar-refractivity contribution in [3.05, 3.63) is 23.7 Å². The van der Waals surface area contributed by atoms with Crippen LogP contribution in [0, 0.1) is 11.8 Å². The SMILES string of the molecule is NCc1ccc(C(=O)NCC2CCCCC2CO)o1. The van der Waals surface area contributed by atoms with Gasteiger partial charge in [-0.25, -0.2) is 0 Å². The van der Waals surface area contributed by atoms with Crippen LogP contribution in [0.25, 0.3) is 0 Å². The summed E-state index contributed by atoms with van der Waals surface area (Å²) in [6.07, 6.45) is 4.47. The largest absolute Gasteiger partial charge is 0.455 e. The van der Waals surface area contributed by atoms with Gasteiger partial charge in [0.25, 0.3) is 5.91 Å². The molecule has 1 saturated carbocycles. The molecule has 19 heavy (non-hydrogen) atoms. The predicted molar refractivity (Wildman–Crippen MR) is 71.5 cm³/mol. The molecule has 2 unspecified atom stereocenters. The van der Waals surface area contributed by atoms with Crippen molar-refractivity contribution in [3.63, 3.8) is 0 Å². The summed E-state index contributed by atoms with van der Waals surface area (Å²) in [5.41, 5.74) is 5.44. The smallest absolute Gasteiger partial charge is 0.287 e. The monoisotopic (exact) mass is 266 g/mol. The van der Waals surface area contributed by atoms with Gasteiger partial charge in [0.1, 0.15) is 5.76 Å². The van der Waals surface area contributed by atoms with Gasteiger partial charge in [-0.3, -0.25) is 4.79 Å². The number of amides is 1. The third-order valence-electron chi connectivity index (χ3n) is 3.91. The second-order valence-electron chi connectivity index (χ2n) is 5.17. The first-order valence-electron chi connectivity index (χ1n) is 6.92. The van der Waals surface area contributed by atoms with E-state index in [-0.39, 0.29) is 12.5 Å². The number of hydrogen-bond acceptors (Lipinski definition) is 4. The molecule has 5 heteroatoms. The number of aliphatic hydroxyl groups excluding tert-OH is 1. The fraction of sp³-hybridized carbons (Fsp3) is 0.643. The van der Waals surface area contributed by atoms with Gasteiger partial charge in [0.2, 0.25) is 0 Å². The molecule has 0 saturated heterocycles. The first-order valence-corrected chi connectivity index (χ1v) is 6.92. The Balaban J connectivity index is 1.85. The third-order valence-corrected chi connectivity index (χ3v) is 3.91. The number of hydrogen-bond donors (Lipinski definition) is 3. The van der Waals surface area contributed by atoms with E-state index in [0.29, 0.717) is 36.4 Å². The summed E-state index contributed by atoms with van der Waals surface area (Å²) in [5.74, 6) is 1.38. The Hall–Kier alpha value is -1.33. The molecular formula is C14H22N2O3. The molecule has 106 valence electrons. The van der Waals surface area contributed by atoms with Crippen LogP contribution in [0.2, 0.25) is 0 Å². The minimum absolute atomic E-state index is 0.207.